The van der Waals surface area contributed by atoms with E-state index < -0.39 is 14.5 Å². The van der Waals surface area contributed by atoms with Gasteiger partial charge in [-0.25, -0.2) is 0 Å². The standard InChI is InChI=1S/Co.Mn.Ni.2H2O.O/h;;;2*1H2;/q;+2;;;;/p-2. The second kappa shape index (κ2) is 9.53. The summed E-state index contributed by atoms with van der Waals surface area (Å²) >= 11 is -3.15. The molecule has 0 saturated heterocycles. The molecule has 46 valence electrons. The van der Waals surface area contributed by atoms with E-state index in [4.69, 9.17) is 12.2 Å². The van der Waals surface area contributed by atoms with E-state index in [-0.39, 0.29) is 33.3 Å². The van der Waals surface area contributed by atoms with Gasteiger partial charge >= 0.3 is 26.7 Å². The van der Waals surface area contributed by atoms with Crippen molar-refractivity contribution in [3.05, 3.63) is 0 Å². The molecule has 0 spiro atoms. The predicted octanol–water partition coefficient (Wildman–Crippen LogP) is -1.24. The van der Waals surface area contributed by atoms with E-state index in [0.29, 0.717) is 0 Å². The molecule has 2 N–H and O–H groups in total. The average molecular weight is 223 g/mol. The van der Waals surface area contributed by atoms with Gasteiger partial charge in [-0.15, -0.1) is 0 Å². The second-order valence-electron chi connectivity index (χ2n) is 0.214. The molecule has 0 aromatic heterocycles. The summed E-state index contributed by atoms with van der Waals surface area (Å²) in [6.45, 7) is 0. The van der Waals surface area contributed by atoms with Gasteiger partial charge in [-0.05, 0) is 0 Å². The van der Waals surface area contributed by atoms with Crippen LogP contribution in [0.25, 0.3) is 0 Å². The summed E-state index contributed by atoms with van der Waals surface area (Å²) in [5.74, 6) is 0. The summed E-state index contributed by atoms with van der Waals surface area (Å²) in [7, 11) is 0. The summed E-state index contributed by atoms with van der Waals surface area (Å²) < 4.78 is 23.1. The van der Waals surface area contributed by atoms with Crippen LogP contribution in [0.2, 0.25) is 0 Å². The summed E-state index contributed by atoms with van der Waals surface area (Å²) in [6, 6.07) is 0. The minimum atomic E-state index is -3.15. The third kappa shape index (κ3) is 61.3. The fraction of sp³-hybridized carbons (Fsp3) is 0. The van der Waals surface area contributed by atoms with Crippen LogP contribution in [0.3, 0.4) is 0 Å². The maximum atomic E-state index is 8.74. The van der Waals surface area contributed by atoms with Crippen molar-refractivity contribution in [3.63, 3.8) is 0 Å². The first kappa shape index (κ1) is 15.7. The van der Waals surface area contributed by atoms with Gasteiger partial charge in [-0.2, -0.15) is 0 Å². The zero-order valence-electron chi connectivity index (χ0n) is 2.33. The third-order valence-electron chi connectivity index (χ3n) is 0. The van der Waals surface area contributed by atoms with Crippen LogP contribution in [0.15, 0.2) is 0 Å². The van der Waals surface area contributed by atoms with Gasteiger partial charge in [0.25, 0.3) is 0 Å². The molecule has 1 radical (unpaired) electrons. The summed E-state index contributed by atoms with van der Waals surface area (Å²) in [6.07, 6.45) is 0. The Morgan fingerprint density at radius 3 is 1.33 bits per heavy atom. The molecule has 0 aromatic rings. The molecule has 6 heavy (non-hydrogen) atoms. The van der Waals surface area contributed by atoms with Gasteiger partial charge in [0.05, 0.1) is 0 Å². The van der Waals surface area contributed by atoms with Crippen LogP contribution in [0.4, 0.5) is 0 Å². The van der Waals surface area contributed by atoms with Crippen LogP contribution < -0.4 is 0 Å². The van der Waals surface area contributed by atoms with Gasteiger partial charge in [-0.1, -0.05) is 0 Å². The van der Waals surface area contributed by atoms with Crippen molar-refractivity contribution < 1.29 is 60.0 Å². The summed E-state index contributed by atoms with van der Waals surface area (Å²) in [5.41, 5.74) is 0. The zero-order valence-corrected chi connectivity index (χ0v) is 5.54. The molecular formula is H2CoMnNiO3. The fourth-order valence-corrected chi connectivity index (χ4v) is 0. The summed E-state index contributed by atoms with van der Waals surface area (Å²) in [4.78, 5) is 0. The number of rotatable bonds is 0. The Balaban J connectivity index is -0.0000000450. The predicted molar refractivity (Wildman–Crippen MR) is 5.12 cm³/mol. The van der Waals surface area contributed by atoms with E-state index in [9.17, 15) is 0 Å². The van der Waals surface area contributed by atoms with Crippen molar-refractivity contribution in [1.29, 1.82) is 0 Å². The minimum absolute atomic E-state index is 0. The van der Waals surface area contributed by atoms with Crippen LogP contribution in [-0.4, -0.2) is 8.38 Å². The molecule has 6 heteroatoms. The van der Waals surface area contributed by atoms with Crippen molar-refractivity contribution in [2.24, 2.45) is 0 Å². The average Bonchev–Trinajstić information content (AvgIpc) is 0.811. The van der Waals surface area contributed by atoms with E-state index in [2.05, 4.69) is 0 Å². The van der Waals surface area contributed by atoms with Gasteiger partial charge in [0.15, 0.2) is 0 Å². The molecule has 3 nitrogen and oxygen atoms in total. The molecule has 0 aliphatic heterocycles. The molecule has 0 heterocycles. The number of hydrogen-bond donors (Lipinski definition) is 2. The molecule has 0 unspecified atom stereocenters. The molecule has 0 amide bonds. The fourth-order valence-electron chi connectivity index (χ4n) is 0. The van der Waals surface area contributed by atoms with E-state index >= 15 is 0 Å². The monoisotopic (exact) mass is 222 g/mol. The molecule has 0 saturated carbocycles. The van der Waals surface area contributed by atoms with Crippen molar-refractivity contribution in [3.8, 4) is 0 Å². The molecule has 0 aliphatic rings. The van der Waals surface area contributed by atoms with Gasteiger partial charge in [-0.3, -0.25) is 0 Å². The molecular weight excluding hydrogens is 221 g/mol. The second-order valence-corrected chi connectivity index (χ2v) is 0.881. The van der Waals surface area contributed by atoms with Crippen LogP contribution >= 0.6 is 0 Å². The molecule has 0 atom stereocenters. The Labute approximate surface area is 60.0 Å². The Hall–Kier alpha value is 1.24. The van der Waals surface area contributed by atoms with Gasteiger partial charge < -0.3 is 0 Å². The van der Waals surface area contributed by atoms with E-state index in [1.165, 1.54) is 0 Å². The maximum absolute atomic E-state index is 8.74. The molecule has 0 fully saturated rings. The van der Waals surface area contributed by atoms with Crippen LogP contribution in [0, 0.1) is 0 Å². The van der Waals surface area contributed by atoms with Crippen LogP contribution in [0.5, 0.6) is 0 Å². The Morgan fingerprint density at radius 2 is 1.33 bits per heavy atom. The SMILES string of the molecule is [Co].[Ni].[O]=[Mn]([OH])[OH]. The Bertz CT molecular complexity index is 33.8. The quantitative estimate of drug-likeness (QED) is 0.504. The van der Waals surface area contributed by atoms with E-state index in [0.717, 1.165) is 0 Å². The third-order valence-corrected chi connectivity index (χ3v) is 0. The van der Waals surface area contributed by atoms with Crippen molar-refractivity contribution in [2.45, 2.75) is 0 Å². The first-order valence-corrected chi connectivity index (χ1v) is 2.03. The molecule has 0 bridgehead atoms. The van der Waals surface area contributed by atoms with E-state index in [1.807, 2.05) is 0 Å². The van der Waals surface area contributed by atoms with Crippen molar-refractivity contribution >= 4 is 0 Å². The molecule has 0 aromatic carbocycles. The van der Waals surface area contributed by atoms with Gasteiger partial charge in [0, 0.05) is 33.3 Å². The zero-order chi connectivity index (χ0) is 3.58. The van der Waals surface area contributed by atoms with E-state index in [1.54, 1.807) is 0 Å². The number of hydrogen-bond acceptors (Lipinski definition) is 1. The van der Waals surface area contributed by atoms with Gasteiger partial charge in [0.1, 0.15) is 0 Å². The van der Waals surface area contributed by atoms with Crippen LogP contribution in [-0.2, 0) is 51.6 Å². The Kier molecular flexibility index (Phi) is 24.9. The normalized spacial score (nSPS) is 5.83. The van der Waals surface area contributed by atoms with Crippen molar-refractivity contribution in [1.82, 2.24) is 0 Å². The first-order valence-electron chi connectivity index (χ1n) is 0.492. The molecule has 0 aliphatic carbocycles. The Morgan fingerprint density at radius 1 is 1.33 bits per heavy atom. The summed E-state index contributed by atoms with van der Waals surface area (Å²) in [5, 5.41) is 0. The first-order chi connectivity index (χ1) is 1.73. The van der Waals surface area contributed by atoms with Crippen molar-refractivity contribution in [2.75, 3.05) is 0 Å². The van der Waals surface area contributed by atoms with Gasteiger partial charge in [0.2, 0.25) is 0 Å². The van der Waals surface area contributed by atoms with Crippen LogP contribution in [0.1, 0.15) is 0 Å². The topological polar surface area (TPSA) is 57.5 Å². The molecule has 0 rings (SSSR count).